The molecule has 4 rings (SSSR count). The van der Waals surface area contributed by atoms with Crippen molar-refractivity contribution in [1.29, 1.82) is 0 Å². The minimum absolute atomic E-state index is 0.666. The number of hydrogen-bond donors (Lipinski definition) is 0. The molecule has 0 aliphatic carbocycles. The molecular weight excluding hydrogens is 324 g/mol. The fourth-order valence-corrected chi connectivity index (χ4v) is 4.22. The van der Waals surface area contributed by atoms with Gasteiger partial charge in [-0.05, 0) is 51.4 Å². The van der Waals surface area contributed by atoms with Crippen molar-refractivity contribution in [2.75, 3.05) is 39.4 Å². The molecule has 5 heteroatoms. The first kappa shape index (κ1) is 17.8. The molecule has 2 aromatic rings. The van der Waals surface area contributed by atoms with E-state index in [2.05, 4.69) is 22.8 Å². The van der Waals surface area contributed by atoms with Gasteiger partial charge in [-0.1, -0.05) is 18.6 Å². The Bertz CT molecular complexity index is 729. The number of hydrogen-bond acceptors (Lipinski definition) is 5. The monoisotopic (exact) mass is 354 g/mol. The summed E-state index contributed by atoms with van der Waals surface area (Å²) in [5.41, 5.74) is 4.22. The van der Waals surface area contributed by atoms with Crippen molar-refractivity contribution in [3.05, 3.63) is 35.7 Å². The van der Waals surface area contributed by atoms with E-state index < -0.39 is 0 Å². The minimum atomic E-state index is 0.666. The molecule has 1 aromatic carbocycles. The fraction of sp³-hybridized carbons (Fsp3) is 0.619. The van der Waals surface area contributed by atoms with Crippen LogP contribution in [-0.4, -0.2) is 65.2 Å². The lowest BCUT2D eigenvalue weighted by Gasteiger charge is -2.37. The Hall–Kier alpha value is -1.56. The van der Waals surface area contributed by atoms with E-state index in [0.717, 1.165) is 55.3 Å². The molecular formula is C21H30N4O. The number of aryl methyl sites for hydroxylation is 1. The maximum atomic E-state index is 5.47. The molecule has 5 nitrogen and oxygen atoms in total. The summed E-state index contributed by atoms with van der Waals surface area (Å²) in [6.45, 7) is 9.35. The third kappa shape index (κ3) is 4.22. The zero-order chi connectivity index (χ0) is 17.8. The standard InChI is InChI=1S/C21H30N4O/c1-17-21(23-20-8-3-2-7-19(20)22-17)16-25-10-5-4-6-18(25)9-11-24-12-14-26-15-13-24/h2-3,7-8,18H,4-6,9-16H2,1H3/t18-/m1/s1. The second kappa shape index (κ2) is 8.42. The lowest BCUT2D eigenvalue weighted by Crippen LogP contribution is -2.43. The van der Waals surface area contributed by atoms with Crippen molar-refractivity contribution in [3.63, 3.8) is 0 Å². The summed E-state index contributed by atoms with van der Waals surface area (Å²) in [5, 5.41) is 0. The second-order valence-corrected chi connectivity index (χ2v) is 7.61. The Morgan fingerprint density at radius 3 is 2.62 bits per heavy atom. The highest BCUT2D eigenvalue weighted by Gasteiger charge is 2.24. The van der Waals surface area contributed by atoms with Crippen LogP contribution in [0.5, 0.6) is 0 Å². The zero-order valence-corrected chi connectivity index (χ0v) is 15.9. The number of likely N-dealkylation sites (tertiary alicyclic amines) is 1. The molecule has 0 spiro atoms. The number of ether oxygens (including phenoxy) is 1. The molecule has 1 atom stereocenters. The Morgan fingerprint density at radius 2 is 1.81 bits per heavy atom. The predicted molar refractivity (Wildman–Crippen MR) is 104 cm³/mol. The van der Waals surface area contributed by atoms with Crippen LogP contribution in [0.4, 0.5) is 0 Å². The number of nitrogens with zero attached hydrogens (tertiary/aromatic N) is 4. The molecule has 26 heavy (non-hydrogen) atoms. The summed E-state index contributed by atoms with van der Waals surface area (Å²) in [7, 11) is 0. The van der Waals surface area contributed by atoms with Gasteiger partial charge in [-0.15, -0.1) is 0 Å². The first-order chi connectivity index (χ1) is 12.8. The largest absolute Gasteiger partial charge is 0.379 e. The van der Waals surface area contributed by atoms with Crippen molar-refractivity contribution in [3.8, 4) is 0 Å². The van der Waals surface area contributed by atoms with Crippen molar-refractivity contribution in [2.24, 2.45) is 0 Å². The highest BCUT2D eigenvalue weighted by molar-refractivity contribution is 5.74. The number of aromatic nitrogens is 2. The molecule has 0 bridgehead atoms. The summed E-state index contributed by atoms with van der Waals surface area (Å²) in [5.74, 6) is 0. The van der Waals surface area contributed by atoms with E-state index in [4.69, 9.17) is 14.7 Å². The summed E-state index contributed by atoms with van der Waals surface area (Å²) in [6, 6.07) is 8.85. The first-order valence-corrected chi connectivity index (χ1v) is 10.1. The lowest BCUT2D eigenvalue weighted by atomic mass is 9.98. The summed E-state index contributed by atoms with van der Waals surface area (Å²) in [6.07, 6.45) is 5.21. The molecule has 1 aromatic heterocycles. The van der Waals surface area contributed by atoms with Crippen LogP contribution in [-0.2, 0) is 11.3 Å². The average molecular weight is 354 g/mol. The molecule has 0 radical (unpaired) electrons. The number of fused-ring (bicyclic) bond motifs is 1. The van der Waals surface area contributed by atoms with Crippen LogP contribution < -0.4 is 0 Å². The van der Waals surface area contributed by atoms with Gasteiger partial charge in [0.2, 0.25) is 0 Å². The van der Waals surface area contributed by atoms with Gasteiger partial charge in [0.25, 0.3) is 0 Å². The van der Waals surface area contributed by atoms with Gasteiger partial charge in [0, 0.05) is 25.7 Å². The van der Waals surface area contributed by atoms with Crippen molar-refractivity contribution in [1.82, 2.24) is 19.8 Å². The van der Waals surface area contributed by atoms with Gasteiger partial charge in [0.1, 0.15) is 0 Å². The highest BCUT2D eigenvalue weighted by Crippen LogP contribution is 2.23. The van der Waals surface area contributed by atoms with Crippen molar-refractivity contribution < 1.29 is 4.74 Å². The van der Waals surface area contributed by atoms with Crippen LogP contribution in [0.3, 0.4) is 0 Å². The van der Waals surface area contributed by atoms with Crippen molar-refractivity contribution in [2.45, 2.75) is 45.2 Å². The van der Waals surface area contributed by atoms with Gasteiger partial charge >= 0.3 is 0 Å². The number of rotatable bonds is 5. The fourth-order valence-electron chi connectivity index (χ4n) is 4.22. The Kier molecular flexibility index (Phi) is 5.78. The van der Waals surface area contributed by atoms with E-state index in [1.807, 2.05) is 18.2 Å². The maximum Gasteiger partial charge on any atom is 0.0890 e. The number of morpholine rings is 1. The van der Waals surface area contributed by atoms with Crippen molar-refractivity contribution >= 4 is 11.0 Å². The molecule has 2 fully saturated rings. The summed E-state index contributed by atoms with van der Waals surface area (Å²) >= 11 is 0. The normalized spacial score (nSPS) is 22.7. The molecule has 0 N–H and O–H groups in total. The molecule has 3 heterocycles. The third-order valence-electron chi connectivity index (χ3n) is 5.83. The van der Waals surface area contributed by atoms with Crippen LogP contribution in [0.1, 0.15) is 37.1 Å². The quantitative estimate of drug-likeness (QED) is 0.826. The first-order valence-electron chi connectivity index (χ1n) is 10.1. The molecule has 2 aliphatic rings. The highest BCUT2D eigenvalue weighted by atomic mass is 16.5. The van der Waals surface area contributed by atoms with Gasteiger partial charge in [-0.25, -0.2) is 9.97 Å². The number of para-hydroxylation sites is 2. The topological polar surface area (TPSA) is 41.5 Å². The number of piperidine rings is 1. The van der Waals surface area contributed by atoms with Gasteiger partial charge in [-0.3, -0.25) is 9.80 Å². The number of benzene rings is 1. The van der Waals surface area contributed by atoms with Gasteiger partial charge < -0.3 is 4.74 Å². The van der Waals surface area contributed by atoms with Crippen LogP contribution in [0.25, 0.3) is 11.0 Å². The molecule has 0 saturated carbocycles. The molecule has 0 unspecified atom stereocenters. The van der Waals surface area contributed by atoms with Gasteiger partial charge in [0.15, 0.2) is 0 Å². The third-order valence-corrected chi connectivity index (χ3v) is 5.83. The average Bonchev–Trinajstić information content (AvgIpc) is 2.69. The van der Waals surface area contributed by atoms with E-state index in [1.165, 1.54) is 38.8 Å². The van der Waals surface area contributed by atoms with E-state index in [0.29, 0.717) is 6.04 Å². The predicted octanol–water partition coefficient (Wildman–Crippen LogP) is 3.02. The lowest BCUT2D eigenvalue weighted by molar-refractivity contribution is 0.0301. The Labute approximate surface area is 156 Å². The molecule has 140 valence electrons. The molecule has 0 amide bonds. The Balaban J connectivity index is 1.43. The van der Waals surface area contributed by atoms with Crippen LogP contribution in [0.2, 0.25) is 0 Å². The van der Waals surface area contributed by atoms with E-state index in [1.54, 1.807) is 0 Å². The van der Waals surface area contributed by atoms with Crippen LogP contribution in [0, 0.1) is 6.92 Å². The van der Waals surface area contributed by atoms with E-state index >= 15 is 0 Å². The second-order valence-electron chi connectivity index (χ2n) is 7.61. The minimum Gasteiger partial charge on any atom is -0.379 e. The SMILES string of the molecule is Cc1nc2ccccc2nc1CN1CCCC[C@@H]1CCN1CCOCC1. The maximum absolute atomic E-state index is 5.47. The molecule has 2 saturated heterocycles. The van der Waals surface area contributed by atoms with E-state index in [-0.39, 0.29) is 0 Å². The summed E-state index contributed by atoms with van der Waals surface area (Å²) in [4.78, 5) is 14.9. The molecule has 2 aliphatic heterocycles. The smallest absolute Gasteiger partial charge is 0.0890 e. The van der Waals surface area contributed by atoms with Gasteiger partial charge in [-0.2, -0.15) is 0 Å². The summed E-state index contributed by atoms with van der Waals surface area (Å²) < 4.78 is 5.47. The van der Waals surface area contributed by atoms with Crippen LogP contribution in [0.15, 0.2) is 24.3 Å². The zero-order valence-electron chi connectivity index (χ0n) is 15.9. The van der Waals surface area contributed by atoms with Gasteiger partial charge in [0.05, 0.1) is 35.6 Å². The Morgan fingerprint density at radius 1 is 1.04 bits per heavy atom. The van der Waals surface area contributed by atoms with E-state index in [9.17, 15) is 0 Å². The van der Waals surface area contributed by atoms with Crippen LogP contribution >= 0.6 is 0 Å².